The van der Waals surface area contributed by atoms with E-state index in [4.69, 9.17) is 0 Å². The first-order chi connectivity index (χ1) is 7.15. The number of fused-ring (bicyclic) bond motifs is 2. The first-order valence-electron chi connectivity index (χ1n) is 5.89. The van der Waals surface area contributed by atoms with Gasteiger partial charge in [-0.05, 0) is 32.2 Å². The van der Waals surface area contributed by atoms with Crippen molar-refractivity contribution in [1.29, 1.82) is 0 Å². The van der Waals surface area contributed by atoms with Crippen LogP contribution in [-0.4, -0.2) is 22.9 Å². The van der Waals surface area contributed by atoms with Crippen LogP contribution in [-0.2, 0) is 18.9 Å². The maximum atomic E-state index is 4.65. The Morgan fingerprint density at radius 1 is 1.53 bits per heavy atom. The quantitative estimate of drug-likeness (QED) is 0.688. The number of nitrogens with zero attached hydrogens (tertiary/aromatic N) is 2. The molecule has 2 atom stereocenters. The fourth-order valence-electron chi connectivity index (χ4n) is 3.54. The lowest BCUT2D eigenvalue weighted by Gasteiger charge is -2.29. The number of aryl methyl sites for hydroxylation is 1. The molecule has 0 radical (unpaired) electrons. The van der Waals surface area contributed by atoms with Gasteiger partial charge < -0.3 is 5.32 Å². The normalized spacial score (nSPS) is 33.9. The van der Waals surface area contributed by atoms with Crippen LogP contribution in [0.5, 0.6) is 0 Å². The molecule has 1 N–H and O–H groups in total. The molecule has 2 unspecified atom stereocenters. The van der Waals surface area contributed by atoms with Crippen LogP contribution in [0.4, 0.5) is 0 Å². The van der Waals surface area contributed by atoms with Crippen LogP contribution in [0.25, 0.3) is 0 Å². The average Bonchev–Trinajstić information content (AvgIpc) is 2.81. The van der Waals surface area contributed by atoms with Crippen LogP contribution in [0.15, 0.2) is 0 Å². The highest BCUT2D eigenvalue weighted by Gasteiger charge is 2.49. The van der Waals surface area contributed by atoms with E-state index in [1.54, 1.807) is 5.56 Å². The molecule has 0 amide bonds. The number of hydrogen-bond donors (Lipinski definition) is 1. The van der Waals surface area contributed by atoms with Crippen LogP contribution >= 0.6 is 0 Å². The summed E-state index contributed by atoms with van der Waals surface area (Å²) in [7, 11) is 2.06. The minimum Gasteiger partial charge on any atom is -0.316 e. The number of rotatable bonds is 0. The van der Waals surface area contributed by atoms with E-state index in [9.17, 15) is 0 Å². The van der Waals surface area contributed by atoms with E-state index < -0.39 is 0 Å². The molecule has 1 aromatic heterocycles. The second kappa shape index (κ2) is 2.85. The van der Waals surface area contributed by atoms with Crippen LogP contribution in [0, 0.1) is 12.8 Å². The Bertz CT molecular complexity index is 399. The lowest BCUT2D eigenvalue weighted by atomic mass is 9.74. The van der Waals surface area contributed by atoms with E-state index in [0.717, 1.165) is 19.0 Å². The fourth-order valence-corrected chi connectivity index (χ4v) is 3.54. The van der Waals surface area contributed by atoms with Gasteiger partial charge in [-0.3, -0.25) is 4.68 Å². The summed E-state index contributed by atoms with van der Waals surface area (Å²) in [5.41, 5.74) is 4.68. The highest BCUT2D eigenvalue weighted by atomic mass is 15.3. The maximum Gasteiger partial charge on any atom is 0.0668 e. The van der Waals surface area contributed by atoms with Gasteiger partial charge in [0.25, 0.3) is 0 Å². The van der Waals surface area contributed by atoms with Crippen molar-refractivity contribution in [3.05, 3.63) is 17.0 Å². The standard InChI is InChI=1S/C12H19N3/c1-8-6-10-11(9(2)15(3)14-10)12(8)4-5-13-7-12/h8,13H,4-7H2,1-3H3. The zero-order valence-corrected chi connectivity index (χ0v) is 9.80. The lowest BCUT2D eigenvalue weighted by Crippen LogP contribution is -2.33. The summed E-state index contributed by atoms with van der Waals surface area (Å²) < 4.78 is 2.05. The first-order valence-corrected chi connectivity index (χ1v) is 5.89. The molecule has 3 heteroatoms. The van der Waals surface area contributed by atoms with Gasteiger partial charge in [-0.25, -0.2) is 0 Å². The zero-order valence-electron chi connectivity index (χ0n) is 9.80. The molecule has 3 rings (SSSR count). The smallest absolute Gasteiger partial charge is 0.0668 e. The van der Waals surface area contributed by atoms with E-state index in [1.165, 1.54) is 24.2 Å². The lowest BCUT2D eigenvalue weighted by molar-refractivity contribution is 0.339. The van der Waals surface area contributed by atoms with Crippen molar-refractivity contribution in [3.8, 4) is 0 Å². The van der Waals surface area contributed by atoms with Gasteiger partial charge >= 0.3 is 0 Å². The molecule has 2 heterocycles. The van der Waals surface area contributed by atoms with Gasteiger partial charge in [-0.15, -0.1) is 0 Å². The molecule has 15 heavy (non-hydrogen) atoms. The highest BCUT2D eigenvalue weighted by molar-refractivity contribution is 5.41. The van der Waals surface area contributed by atoms with Gasteiger partial charge in [0.05, 0.1) is 5.69 Å². The van der Waals surface area contributed by atoms with Gasteiger partial charge in [0.2, 0.25) is 0 Å². The summed E-state index contributed by atoms with van der Waals surface area (Å²) in [6.07, 6.45) is 2.45. The Balaban J connectivity index is 2.18. The second-order valence-corrected chi connectivity index (χ2v) is 5.22. The van der Waals surface area contributed by atoms with Crippen molar-refractivity contribution in [3.63, 3.8) is 0 Å². The molecule has 2 aliphatic rings. The molecule has 1 aromatic rings. The Labute approximate surface area is 90.9 Å². The van der Waals surface area contributed by atoms with Crippen LogP contribution in [0.2, 0.25) is 0 Å². The van der Waals surface area contributed by atoms with Crippen LogP contribution in [0.3, 0.4) is 0 Å². The molecule has 0 bridgehead atoms. The Kier molecular flexibility index (Phi) is 1.78. The SMILES string of the molecule is Cc1c2c(nn1C)CC(C)C21CCNC1. The second-order valence-electron chi connectivity index (χ2n) is 5.22. The highest BCUT2D eigenvalue weighted by Crippen LogP contribution is 2.47. The van der Waals surface area contributed by atoms with Crippen molar-refractivity contribution in [2.75, 3.05) is 13.1 Å². The third-order valence-electron chi connectivity index (χ3n) is 4.54. The molecule has 82 valence electrons. The maximum absolute atomic E-state index is 4.65. The molecule has 3 nitrogen and oxygen atoms in total. The minimum absolute atomic E-state index is 0.397. The molecule has 0 saturated carbocycles. The summed E-state index contributed by atoms with van der Waals surface area (Å²) in [6, 6.07) is 0. The monoisotopic (exact) mass is 205 g/mol. The topological polar surface area (TPSA) is 29.9 Å². The molecule has 1 aliphatic carbocycles. The largest absolute Gasteiger partial charge is 0.316 e. The van der Waals surface area contributed by atoms with Crippen molar-refractivity contribution in [2.45, 2.75) is 32.1 Å². The predicted octanol–water partition coefficient (Wildman–Crippen LogP) is 1.15. The third kappa shape index (κ3) is 1.02. The first kappa shape index (κ1) is 9.40. The van der Waals surface area contributed by atoms with Gasteiger partial charge in [0.1, 0.15) is 0 Å². The van der Waals surface area contributed by atoms with Crippen LogP contribution in [0.1, 0.15) is 30.3 Å². The van der Waals surface area contributed by atoms with E-state index in [0.29, 0.717) is 5.41 Å². The molecule has 1 spiro atoms. The van der Waals surface area contributed by atoms with Crippen LogP contribution < -0.4 is 5.32 Å². The van der Waals surface area contributed by atoms with Crippen molar-refractivity contribution in [2.24, 2.45) is 13.0 Å². The summed E-state index contributed by atoms with van der Waals surface area (Å²) in [5.74, 6) is 0.755. The predicted molar refractivity (Wildman–Crippen MR) is 60.0 cm³/mol. The summed E-state index contributed by atoms with van der Waals surface area (Å²) in [4.78, 5) is 0. The molecule has 1 aliphatic heterocycles. The number of aromatic nitrogens is 2. The molecule has 0 aromatic carbocycles. The van der Waals surface area contributed by atoms with Gasteiger partial charge in [-0.1, -0.05) is 6.92 Å². The summed E-state index contributed by atoms with van der Waals surface area (Å²) in [5, 5.41) is 8.17. The van der Waals surface area contributed by atoms with Gasteiger partial charge in [0, 0.05) is 30.3 Å². The Morgan fingerprint density at radius 2 is 2.33 bits per heavy atom. The minimum atomic E-state index is 0.397. The number of hydrogen-bond acceptors (Lipinski definition) is 2. The van der Waals surface area contributed by atoms with Crippen molar-refractivity contribution < 1.29 is 0 Å². The summed E-state index contributed by atoms with van der Waals surface area (Å²) in [6.45, 7) is 6.91. The fraction of sp³-hybridized carbons (Fsp3) is 0.750. The van der Waals surface area contributed by atoms with Gasteiger partial charge in [-0.2, -0.15) is 5.10 Å². The molecular formula is C12H19N3. The Morgan fingerprint density at radius 3 is 3.00 bits per heavy atom. The van der Waals surface area contributed by atoms with Crippen molar-refractivity contribution in [1.82, 2.24) is 15.1 Å². The zero-order chi connectivity index (χ0) is 10.6. The Hall–Kier alpha value is -0.830. The molecular weight excluding hydrogens is 186 g/mol. The van der Waals surface area contributed by atoms with Crippen molar-refractivity contribution >= 4 is 0 Å². The van der Waals surface area contributed by atoms with E-state index in [-0.39, 0.29) is 0 Å². The summed E-state index contributed by atoms with van der Waals surface area (Å²) >= 11 is 0. The molecule has 1 saturated heterocycles. The number of nitrogens with one attached hydrogen (secondary N) is 1. The molecule has 1 fully saturated rings. The van der Waals surface area contributed by atoms with E-state index in [1.807, 2.05) is 0 Å². The third-order valence-corrected chi connectivity index (χ3v) is 4.54. The van der Waals surface area contributed by atoms with Gasteiger partial charge in [0.15, 0.2) is 0 Å². The van der Waals surface area contributed by atoms with E-state index in [2.05, 4.69) is 36.0 Å². The average molecular weight is 205 g/mol. The van der Waals surface area contributed by atoms with E-state index >= 15 is 0 Å².